The molecular weight excluding hydrogens is 366 g/mol. The number of hydrogen-bond acceptors (Lipinski definition) is 4. The molecule has 6 nitrogen and oxygen atoms in total. The Bertz CT molecular complexity index is 934. The number of nitrogens with zero attached hydrogens (tertiary/aromatic N) is 2. The molecule has 1 aliphatic heterocycles. The Balaban J connectivity index is 1.43. The number of fused-ring (bicyclic) bond motifs is 1. The van der Waals surface area contributed by atoms with Gasteiger partial charge in [0, 0.05) is 13.1 Å². The molecule has 1 aliphatic rings. The lowest BCUT2D eigenvalue weighted by Crippen LogP contribution is -2.46. The summed E-state index contributed by atoms with van der Waals surface area (Å²) in [7, 11) is 1.65. The second kappa shape index (κ2) is 8.55. The third-order valence-corrected chi connectivity index (χ3v) is 5.59. The van der Waals surface area contributed by atoms with Crippen molar-refractivity contribution in [1.82, 2.24) is 15.2 Å². The first-order valence-electron chi connectivity index (χ1n) is 10.2. The van der Waals surface area contributed by atoms with Crippen LogP contribution in [0.5, 0.6) is 5.75 Å². The highest BCUT2D eigenvalue weighted by Gasteiger charge is 2.29. The summed E-state index contributed by atoms with van der Waals surface area (Å²) in [5.74, 6) is 1.67. The summed E-state index contributed by atoms with van der Waals surface area (Å²) in [6.45, 7) is 3.45. The van der Waals surface area contributed by atoms with Crippen LogP contribution in [-0.4, -0.2) is 36.1 Å². The molecule has 1 saturated heterocycles. The molecule has 2 atom stereocenters. The van der Waals surface area contributed by atoms with Gasteiger partial charge in [0.05, 0.1) is 19.1 Å². The zero-order chi connectivity index (χ0) is 20.2. The third-order valence-electron chi connectivity index (χ3n) is 5.59. The fourth-order valence-electron chi connectivity index (χ4n) is 3.93. The third kappa shape index (κ3) is 4.21. The molecule has 0 radical (unpaired) electrons. The van der Waals surface area contributed by atoms with E-state index in [0.717, 1.165) is 54.1 Å². The van der Waals surface area contributed by atoms with Crippen LogP contribution in [-0.2, 0) is 0 Å². The summed E-state index contributed by atoms with van der Waals surface area (Å²) in [5.41, 5.74) is 2.75. The molecule has 0 saturated carbocycles. The van der Waals surface area contributed by atoms with E-state index in [1.165, 1.54) is 0 Å². The molecule has 0 bridgehead atoms. The number of piperidine rings is 1. The van der Waals surface area contributed by atoms with Gasteiger partial charge in [-0.1, -0.05) is 31.2 Å². The summed E-state index contributed by atoms with van der Waals surface area (Å²) < 4.78 is 11.2. The predicted octanol–water partition coefficient (Wildman–Crippen LogP) is 4.88. The monoisotopic (exact) mass is 393 g/mol. The predicted molar refractivity (Wildman–Crippen MR) is 112 cm³/mol. The molecule has 0 aliphatic carbocycles. The zero-order valence-corrected chi connectivity index (χ0v) is 16.9. The molecule has 2 heterocycles. The number of carbonyl (C=O) groups is 1. The minimum atomic E-state index is -0.0338. The fourth-order valence-corrected chi connectivity index (χ4v) is 3.93. The van der Waals surface area contributed by atoms with E-state index in [4.69, 9.17) is 9.15 Å². The highest BCUT2D eigenvalue weighted by Crippen LogP contribution is 2.29. The topological polar surface area (TPSA) is 67.6 Å². The van der Waals surface area contributed by atoms with Gasteiger partial charge in [-0.15, -0.1) is 0 Å². The van der Waals surface area contributed by atoms with Crippen molar-refractivity contribution in [3.63, 3.8) is 0 Å². The van der Waals surface area contributed by atoms with Crippen molar-refractivity contribution in [2.24, 2.45) is 0 Å². The lowest BCUT2D eigenvalue weighted by atomic mass is 9.98. The van der Waals surface area contributed by atoms with Crippen LogP contribution in [0.2, 0.25) is 0 Å². The second-order valence-electron chi connectivity index (χ2n) is 7.49. The van der Waals surface area contributed by atoms with Crippen molar-refractivity contribution in [3.8, 4) is 5.75 Å². The van der Waals surface area contributed by atoms with Crippen LogP contribution < -0.4 is 10.1 Å². The van der Waals surface area contributed by atoms with E-state index in [9.17, 15) is 4.79 Å². The van der Waals surface area contributed by atoms with Crippen molar-refractivity contribution in [2.75, 3.05) is 20.2 Å². The maximum atomic E-state index is 13.0. The average molecular weight is 393 g/mol. The number of nitrogens with one attached hydrogen (secondary N) is 1. The van der Waals surface area contributed by atoms with E-state index >= 15 is 0 Å². The number of para-hydroxylation sites is 2. The molecule has 29 heavy (non-hydrogen) atoms. The molecule has 152 valence electrons. The summed E-state index contributed by atoms with van der Waals surface area (Å²) in [5, 5.41) is 3.18. The van der Waals surface area contributed by atoms with Gasteiger partial charge in [-0.2, -0.15) is 0 Å². The Labute approximate surface area is 170 Å². The van der Waals surface area contributed by atoms with Gasteiger partial charge in [-0.3, -0.25) is 0 Å². The Kier molecular flexibility index (Phi) is 5.69. The number of hydrogen-bond donors (Lipinski definition) is 1. The van der Waals surface area contributed by atoms with Crippen LogP contribution in [0.4, 0.5) is 4.79 Å². The Morgan fingerprint density at radius 2 is 2.07 bits per heavy atom. The van der Waals surface area contributed by atoms with Crippen LogP contribution in [0.15, 0.2) is 52.9 Å². The number of oxazole rings is 1. The summed E-state index contributed by atoms with van der Waals surface area (Å²) in [4.78, 5) is 19.5. The SMILES string of the molecule is CCC(NC(=O)N1CCCC(c2nc3ccccc3o2)C1)c1ccc(OC)cc1. The van der Waals surface area contributed by atoms with Gasteiger partial charge >= 0.3 is 6.03 Å². The number of carbonyl (C=O) groups excluding carboxylic acids is 1. The van der Waals surface area contributed by atoms with Crippen molar-refractivity contribution in [2.45, 2.75) is 38.1 Å². The number of methoxy groups -OCH3 is 1. The molecular formula is C23H27N3O3. The lowest BCUT2D eigenvalue weighted by molar-refractivity contribution is 0.171. The van der Waals surface area contributed by atoms with Gasteiger partial charge < -0.3 is 19.4 Å². The Morgan fingerprint density at radius 3 is 2.79 bits per heavy atom. The largest absolute Gasteiger partial charge is 0.497 e. The van der Waals surface area contributed by atoms with Gasteiger partial charge in [0.2, 0.25) is 0 Å². The molecule has 4 rings (SSSR count). The molecule has 2 amide bonds. The van der Waals surface area contributed by atoms with Crippen molar-refractivity contribution < 1.29 is 13.9 Å². The molecule has 6 heteroatoms. The van der Waals surface area contributed by atoms with Crippen LogP contribution in [0.25, 0.3) is 11.1 Å². The maximum absolute atomic E-state index is 13.0. The maximum Gasteiger partial charge on any atom is 0.317 e. The van der Waals surface area contributed by atoms with Crippen LogP contribution >= 0.6 is 0 Å². The Morgan fingerprint density at radius 1 is 1.28 bits per heavy atom. The number of aromatic nitrogens is 1. The number of urea groups is 1. The highest BCUT2D eigenvalue weighted by molar-refractivity contribution is 5.75. The van der Waals surface area contributed by atoms with E-state index in [1.807, 2.05) is 53.4 Å². The first kappa shape index (κ1) is 19.3. The van der Waals surface area contributed by atoms with Gasteiger partial charge in [0.1, 0.15) is 11.3 Å². The van der Waals surface area contributed by atoms with E-state index in [-0.39, 0.29) is 18.0 Å². The van der Waals surface area contributed by atoms with Gasteiger partial charge in [-0.05, 0) is 49.1 Å². The van der Waals surface area contributed by atoms with Gasteiger partial charge in [0.15, 0.2) is 11.5 Å². The van der Waals surface area contributed by atoms with Crippen LogP contribution in [0, 0.1) is 0 Å². The summed E-state index contributed by atoms with van der Waals surface area (Å²) in [6, 6.07) is 15.6. The molecule has 1 N–H and O–H groups in total. The molecule has 1 fully saturated rings. The quantitative estimate of drug-likeness (QED) is 0.671. The van der Waals surface area contributed by atoms with Crippen molar-refractivity contribution in [1.29, 1.82) is 0 Å². The minimum Gasteiger partial charge on any atom is -0.497 e. The first-order valence-corrected chi connectivity index (χ1v) is 10.2. The number of amides is 2. The zero-order valence-electron chi connectivity index (χ0n) is 16.9. The first-order chi connectivity index (χ1) is 14.2. The fraction of sp³-hybridized carbons (Fsp3) is 0.391. The number of ether oxygens (including phenoxy) is 1. The van der Waals surface area contributed by atoms with Gasteiger partial charge in [-0.25, -0.2) is 9.78 Å². The molecule has 1 aromatic heterocycles. The molecule has 3 aromatic rings. The number of likely N-dealkylation sites (tertiary alicyclic amines) is 1. The molecule has 2 aromatic carbocycles. The lowest BCUT2D eigenvalue weighted by Gasteiger charge is -2.32. The van der Waals surface area contributed by atoms with Crippen LogP contribution in [0.3, 0.4) is 0 Å². The van der Waals surface area contributed by atoms with Crippen molar-refractivity contribution >= 4 is 17.1 Å². The second-order valence-corrected chi connectivity index (χ2v) is 7.49. The normalized spacial score (nSPS) is 17.9. The highest BCUT2D eigenvalue weighted by atomic mass is 16.5. The van der Waals surface area contributed by atoms with E-state index < -0.39 is 0 Å². The summed E-state index contributed by atoms with van der Waals surface area (Å²) >= 11 is 0. The minimum absolute atomic E-state index is 0.0295. The Hall–Kier alpha value is -3.02. The summed E-state index contributed by atoms with van der Waals surface area (Å²) in [6.07, 6.45) is 2.74. The van der Waals surface area contributed by atoms with E-state index in [0.29, 0.717) is 6.54 Å². The van der Waals surface area contributed by atoms with E-state index in [1.54, 1.807) is 7.11 Å². The van der Waals surface area contributed by atoms with E-state index in [2.05, 4.69) is 17.2 Å². The van der Waals surface area contributed by atoms with Gasteiger partial charge in [0.25, 0.3) is 0 Å². The molecule has 0 spiro atoms. The molecule has 2 unspecified atom stereocenters. The average Bonchev–Trinajstić information content (AvgIpc) is 3.22. The smallest absolute Gasteiger partial charge is 0.317 e. The standard InChI is InChI=1S/C23H27N3O3/c1-3-19(16-10-12-18(28-2)13-11-16)25-23(27)26-14-6-7-17(15-26)22-24-20-8-4-5-9-21(20)29-22/h4-5,8-13,17,19H,3,6-7,14-15H2,1-2H3,(H,25,27). The van der Waals surface area contributed by atoms with Crippen LogP contribution in [0.1, 0.15) is 49.6 Å². The number of rotatable bonds is 5. The van der Waals surface area contributed by atoms with Crippen molar-refractivity contribution in [3.05, 3.63) is 60.0 Å². The number of benzene rings is 2.